The first-order valence-electron chi connectivity index (χ1n) is 4.56. The van der Waals surface area contributed by atoms with Gasteiger partial charge in [-0.2, -0.15) is 0 Å². The van der Waals surface area contributed by atoms with E-state index in [2.05, 4.69) is 5.32 Å². The number of likely N-dealkylation sites (N-methyl/N-ethyl adjacent to an activating group) is 1. The van der Waals surface area contributed by atoms with Gasteiger partial charge in [0.05, 0.1) is 0 Å². The highest BCUT2D eigenvalue weighted by Crippen LogP contribution is 1.85. The van der Waals surface area contributed by atoms with E-state index in [-0.39, 0.29) is 5.91 Å². The Hall–Kier alpha value is -0.650. The molecule has 0 unspecified atom stereocenters. The highest BCUT2D eigenvalue weighted by Gasteiger charge is 2.02. The number of rotatable bonds is 7. The van der Waals surface area contributed by atoms with Gasteiger partial charge in [-0.3, -0.25) is 4.79 Å². The van der Waals surface area contributed by atoms with Crippen LogP contribution in [0.25, 0.3) is 0 Å². The van der Waals surface area contributed by atoms with E-state index in [0.717, 1.165) is 13.1 Å². The van der Waals surface area contributed by atoms with Gasteiger partial charge < -0.3 is 21.7 Å². The summed E-state index contributed by atoms with van der Waals surface area (Å²) in [5, 5.41) is 2.71. The smallest absolute Gasteiger partial charge is 0.221 e. The third kappa shape index (κ3) is 7.70. The van der Waals surface area contributed by atoms with Crippen LogP contribution in [0.4, 0.5) is 0 Å². The zero-order chi connectivity index (χ0) is 10.1. The topological polar surface area (TPSA) is 84.4 Å². The fraction of sp³-hybridized carbons (Fsp3) is 0.875. The van der Waals surface area contributed by atoms with Crippen molar-refractivity contribution in [3.63, 3.8) is 0 Å². The van der Waals surface area contributed by atoms with Gasteiger partial charge >= 0.3 is 0 Å². The van der Waals surface area contributed by atoms with Gasteiger partial charge in [0.15, 0.2) is 0 Å². The quantitative estimate of drug-likeness (QED) is 0.446. The molecule has 0 aromatic carbocycles. The summed E-state index contributed by atoms with van der Waals surface area (Å²) in [6.45, 7) is 3.24. The van der Waals surface area contributed by atoms with Gasteiger partial charge in [-0.15, -0.1) is 0 Å². The zero-order valence-corrected chi connectivity index (χ0v) is 8.25. The van der Waals surface area contributed by atoms with E-state index in [1.54, 1.807) is 0 Å². The van der Waals surface area contributed by atoms with Gasteiger partial charge in [-0.05, 0) is 7.05 Å². The summed E-state index contributed by atoms with van der Waals surface area (Å²) in [5.41, 5.74) is 10.6. The second-order valence-corrected chi connectivity index (χ2v) is 2.98. The first-order chi connectivity index (χ1) is 6.20. The molecule has 5 nitrogen and oxygen atoms in total. The van der Waals surface area contributed by atoms with Crippen LogP contribution in [0.1, 0.15) is 6.42 Å². The van der Waals surface area contributed by atoms with Crippen LogP contribution in [0.5, 0.6) is 0 Å². The molecule has 5 heteroatoms. The van der Waals surface area contributed by atoms with Crippen LogP contribution in [0.2, 0.25) is 0 Å². The maximum atomic E-state index is 11.1. The maximum Gasteiger partial charge on any atom is 0.221 e. The van der Waals surface area contributed by atoms with Crippen LogP contribution >= 0.6 is 0 Å². The van der Waals surface area contributed by atoms with Gasteiger partial charge in [-0.25, -0.2) is 0 Å². The minimum atomic E-state index is 0.0503. The van der Waals surface area contributed by atoms with Crippen molar-refractivity contribution in [1.82, 2.24) is 10.2 Å². The summed E-state index contributed by atoms with van der Waals surface area (Å²) in [4.78, 5) is 13.1. The van der Waals surface area contributed by atoms with Crippen LogP contribution in [0.15, 0.2) is 0 Å². The van der Waals surface area contributed by atoms with Crippen molar-refractivity contribution in [2.24, 2.45) is 11.5 Å². The summed E-state index contributed by atoms with van der Waals surface area (Å²) in [5.74, 6) is 0.0503. The molecule has 0 heterocycles. The minimum Gasteiger partial charge on any atom is -0.355 e. The van der Waals surface area contributed by atoms with Crippen LogP contribution in [-0.2, 0) is 4.79 Å². The maximum absolute atomic E-state index is 11.1. The van der Waals surface area contributed by atoms with Crippen molar-refractivity contribution >= 4 is 5.91 Å². The molecule has 0 radical (unpaired) electrons. The lowest BCUT2D eigenvalue weighted by Gasteiger charge is -2.14. The predicted molar refractivity (Wildman–Crippen MR) is 53.2 cm³/mol. The molecule has 0 aromatic heterocycles. The SMILES string of the molecule is CN(CCN)CCC(=O)NCCN. The molecule has 0 aliphatic heterocycles. The van der Waals surface area contributed by atoms with Crippen LogP contribution in [0, 0.1) is 0 Å². The molecule has 0 aliphatic carbocycles. The molecule has 78 valence electrons. The molecule has 0 fully saturated rings. The lowest BCUT2D eigenvalue weighted by Crippen LogP contribution is -2.33. The Bertz CT molecular complexity index is 140. The summed E-state index contributed by atoms with van der Waals surface area (Å²) >= 11 is 0. The van der Waals surface area contributed by atoms with E-state index in [9.17, 15) is 4.79 Å². The number of carbonyl (C=O) groups is 1. The summed E-state index contributed by atoms with van der Waals surface area (Å²) in [7, 11) is 1.95. The van der Waals surface area contributed by atoms with Crippen molar-refractivity contribution in [2.45, 2.75) is 6.42 Å². The minimum absolute atomic E-state index is 0.0503. The van der Waals surface area contributed by atoms with Crippen LogP contribution in [-0.4, -0.2) is 50.6 Å². The number of amides is 1. The van der Waals surface area contributed by atoms with Crippen molar-refractivity contribution < 1.29 is 4.79 Å². The Morgan fingerprint density at radius 1 is 1.31 bits per heavy atom. The molecule has 0 spiro atoms. The number of carbonyl (C=O) groups excluding carboxylic acids is 1. The molecule has 0 aromatic rings. The number of nitrogens with two attached hydrogens (primary N) is 2. The molecule has 1 amide bonds. The molecule has 0 bridgehead atoms. The summed E-state index contributed by atoms with van der Waals surface area (Å²) in [6.07, 6.45) is 0.510. The molecule has 13 heavy (non-hydrogen) atoms. The first kappa shape index (κ1) is 12.3. The summed E-state index contributed by atoms with van der Waals surface area (Å²) < 4.78 is 0. The van der Waals surface area contributed by atoms with Crippen molar-refractivity contribution in [3.8, 4) is 0 Å². The monoisotopic (exact) mass is 188 g/mol. The summed E-state index contributed by atoms with van der Waals surface area (Å²) in [6, 6.07) is 0. The molecular weight excluding hydrogens is 168 g/mol. The van der Waals surface area contributed by atoms with Gasteiger partial charge in [0.1, 0.15) is 0 Å². The average molecular weight is 188 g/mol. The largest absolute Gasteiger partial charge is 0.355 e. The Labute approximate surface area is 79.4 Å². The number of nitrogens with one attached hydrogen (secondary N) is 1. The normalized spacial score (nSPS) is 10.5. The Morgan fingerprint density at radius 3 is 2.54 bits per heavy atom. The van der Waals surface area contributed by atoms with Gasteiger partial charge in [0.2, 0.25) is 5.91 Å². The lowest BCUT2D eigenvalue weighted by atomic mass is 10.3. The standard InChI is InChI=1S/C8H20N4O/c1-12(7-4-10)6-2-8(13)11-5-3-9/h2-7,9-10H2,1H3,(H,11,13). The molecule has 0 aliphatic rings. The third-order valence-electron chi connectivity index (χ3n) is 1.70. The first-order valence-corrected chi connectivity index (χ1v) is 4.56. The molecule has 0 atom stereocenters. The molecule has 5 N–H and O–H groups in total. The highest BCUT2D eigenvalue weighted by atomic mass is 16.1. The Morgan fingerprint density at radius 2 is 2.00 bits per heavy atom. The van der Waals surface area contributed by atoms with Crippen molar-refractivity contribution in [2.75, 3.05) is 39.8 Å². The molecule has 0 saturated carbocycles. The lowest BCUT2D eigenvalue weighted by molar-refractivity contribution is -0.121. The second kappa shape index (κ2) is 7.97. The van der Waals surface area contributed by atoms with Crippen LogP contribution in [0.3, 0.4) is 0 Å². The fourth-order valence-electron chi connectivity index (χ4n) is 0.925. The Kier molecular flexibility index (Phi) is 7.57. The van der Waals surface area contributed by atoms with E-state index in [1.807, 2.05) is 11.9 Å². The van der Waals surface area contributed by atoms with E-state index in [0.29, 0.717) is 26.1 Å². The van der Waals surface area contributed by atoms with Gasteiger partial charge in [-0.1, -0.05) is 0 Å². The third-order valence-corrected chi connectivity index (χ3v) is 1.70. The van der Waals surface area contributed by atoms with Gasteiger partial charge in [0.25, 0.3) is 0 Å². The van der Waals surface area contributed by atoms with Gasteiger partial charge in [0, 0.05) is 39.1 Å². The van der Waals surface area contributed by atoms with E-state index < -0.39 is 0 Å². The van der Waals surface area contributed by atoms with Crippen LogP contribution < -0.4 is 16.8 Å². The van der Waals surface area contributed by atoms with E-state index in [4.69, 9.17) is 11.5 Å². The molecule has 0 saturated heterocycles. The highest BCUT2D eigenvalue weighted by molar-refractivity contribution is 5.76. The molecular formula is C8H20N4O. The van der Waals surface area contributed by atoms with Crippen molar-refractivity contribution in [3.05, 3.63) is 0 Å². The number of nitrogens with zero attached hydrogens (tertiary/aromatic N) is 1. The van der Waals surface area contributed by atoms with E-state index in [1.165, 1.54) is 0 Å². The second-order valence-electron chi connectivity index (χ2n) is 2.98. The molecule has 0 rings (SSSR count). The van der Waals surface area contributed by atoms with E-state index >= 15 is 0 Å². The predicted octanol–water partition coefficient (Wildman–Crippen LogP) is -1.66. The average Bonchev–Trinajstić information content (AvgIpc) is 2.12. The zero-order valence-electron chi connectivity index (χ0n) is 8.25. The fourth-order valence-corrected chi connectivity index (χ4v) is 0.925. The Balaban J connectivity index is 3.34. The number of hydrogen-bond acceptors (Lipinski definition) is 4. The number of hydrogen-bond donors (Lipinski definition) is 3. The van der Waals surface area contributed by atoms with Crippen molar-refractivity contribution in [1.29, 1.82) is 0 Å².